The van der Waals surface area contributed by atoms with Crippen molar-refractivity contribution >= 4 is 28.9 Å². The summed E-state index contributed by atoms with van der Waals surface area (Å²) in [5.74, 6) is 0. The zero-order chi connectivity index (χ0) is 12.3. The molecule has 0 aliphatic rings. The van der Waals surface area contributed by atoms with Crippen LogP contribution in [0.3, 0.4) is 0 Å². The van der Waals surface area contributed by atoms with Crippen molar-refractivity contribution < 1.29 is 0 Å². The van der Waals surface area contributed by atoms with Crippen molar-refractivity contribution in [1.82, 2.24) is 4.98 Å². The quantitative estimate of drug-likeness (QED) is 0.919. The molecule has 2 aromatic rings. The molecule has 1 heterocycles. The molecule has 88 valence electrons. The van der Waals surface area contributed by atoms with Gasteiger partial charge in [-0.05, 0) is 42.2 Å². The summed E-state index contributed by atoms with van der Waals surface area (Å²) in [7, 11) is 0. The standard InChI is InChI=1S/C13H12Cl2N2/c14-11-2-1-3-12(15)10(11)5-4-9-8-17-7-6-13(9)16/h1-3,6-8H,4-5H2,(H2,16,17). The predicted molar refractivity (Wildman–Crippen MR) is 72.5 cm³/mol. The lowest BCUT2D eigenvalue weighted by molar-refractivity contribution is 0.953. The summed E-state index contributed by atoms with van der Waals surface area (Å²) in [5.41, 5.74) is 8.58. The Bertz CT molecular complexity index is 506. The van der Waals surface area contributed by atoms with E-state index in [4.69, 9.17) is 28.9 Å². The van der Waals surface area contributed by atoms with Gasteiger partial charge < -0.3 is 5.73 Å². The molecule has 0 aliphatic heterocycles. The lowest BCUT2D eigenvalue weighted by Crippen LogP contribution is -1.98. The molecule has 0 spiro atoms. The van der Waals surface area contributed by atoms with Crippen molar-refractivity contribution in [3.8, 4) is 0 Å². The minimum atomic E-state index is 0.694. The van der Waals surface area contributed by atoms with Gasteiger partial charge in [0.25, 0.3) is 0 Å². The molecular weight excluding hydrogens is 255 g/mol. The van der Waals surface area contributed by atoms with Crippen LogP contribution in [0, 0.1) is 0 Å². The monoisotopic (exact) mass is 266 g/mol. The third-order valence-corrected chi connectivity index (χ3v) is 3.36. The Kier molecular flexibility index (Phi) is 3.87. The van der Waals surface area contributed by atoms with Crippen LogP contribution in [0.25, 0.3) is 0 Å². The highest BCUT2D eigenvalue weighted by molar-refractivity contribution is 6.35. The van der Waals surface area contributed by atoms with E-state index in [2.05, 4.69) is 4.98 Å². The molecule has 0 saturated heterocycles. The van der Waals surface area contributed by atoms with E-state index in [0.29, 0.717) is 10.0 Å². The molecule has 0 amide bonds. The fraction of sp³-hybridized carbons (Fsp3) is 0.154. The summed E-state index contributed by atoms with van der Waals surface area (Å²) in [6.07, 6.45) is 5.00. The average molecular weight is 267 g/mol. The number of pyridine rings is 1. The lowest BCUT2D eigenvalue weighted by Gasteiger charge is -2.08. The number of aryl methyl sites for hydroxylation is 1. The van der Waals surface area contributed by atoms with Crippen molar-refractivity contribution in [2.75, 3.05) is 5.73 Å². The lowest BCUT2D eigenvalue weighted by atomic mass is 10.0. The maximum atomic E-state index is 6.10. The topological polar surface area (TPSA) is 38.9 Å². The first-order chi connectivity index (χ1) is 8.18. The van der Waals surface area contributed by atoms with Gasteiger partial charge in [-0.1, -0.05) is 29.3 Å². The molecule has 4 heteroatoms. The highest BCUT2D eigenvalue weighted by Gasteiger charge is 2.06. The molecule has 0 unspecified atom stereocenters. The molecule has 2 N–H and O–H groups in total. The highest BCUT2D eigenvalue weighted by Crippen LogP contribution is 2.26. The molecule has 0 saturated carbocycles. The van der Waals surface area contributed by atoms with Crippen LogP contribution in [0.5, 0.6) is 0 Å². The minimum Gasteiger partial charge on any atom is -0.398 e. The Morgan fingerprint density at radius 1 is 1.06 bits per heavy atom. The van der Waals surface area contributed by atoms with Gasteiger partial charge in [0.05, 0.1) is 0 Å². The summed E-state index contributed by atoms with van der Waals surface area (Å²) < 4.78 is 0. The predicted octanol–water partition coefficient (Wildman–Crippen LogP) is 3.76. The second-order valence-electron chi connectivity index (χ2n) is 3.77. The molecule has 0 atom stereocenters. The molecular formula is C13H12Cl2N2. The smallest absolute Gasteiger partial charge is 0.0452 e. The third-order valence-electron chi connectivity index (χ3n) is 2.65. The first-order valence-electron chi connectivity index (χ1n) is 5.29. The van der Waals surface area contributed by atoms with Crippen LogP contribution >= 0.6 is 23.2 Å². The van der Waals surface area contributed by atoms with Crippen LogP contribution in [0.15, 0.2) is 36.7 Å². The van der Waals surface area contributed by atoms with Gasteiger partial charge in [-0.3, -0.25) is 4.98 Å². The van der Waals surface area contributed by atoms with Crippen molar-refractivity contribution in [2.45, 2.75) is 12.8 Å². The molecule has 2 nitrogen and oxygen atoms in total. The van der Waals surface area contributed by atoms with Crippen LogP contribution < -0.4 is 5.73 Å². The van der Waals surface area contributed by atoms with Crippen molar-refractivity contribution in [1.29, 1.82) is 0 Å². The Labute approximate surface area is 110 Å². The van der Waals surface area contributed by atoms with Crippen LogP contribution in [0.4, 0.5) is 5.69 Å². The number of nitrogens with zero attached hydrogens (tertiary/aromatic N) is 1. The number of anilines is 1. The normalized spacial score (nSPS) is 10.5. The average Bonchev–Trinajstić information content (AvgIpc) is 2.30. The molecule has 1 aromatic heterocycles. The summed E-state index contributed by atoms with van der Waals surface area (Å²) in [6, 6.07) is 7.32. The van der Waals surface area contributed by atoms with Gasteiger partial charge in [0, 0.05) is 28.1 Å². The van der Waals surface area contributed by atoms with Gasteiger partial charge in [0.2, 0.25) is 0 Å². The van der Waals surface area contributed by atoms with E-state index in [9.17, 15) is 0 Å². The van der Waals surface area contributed by atoms with Crippen LogP contribution in [0.2, 0.25) is 10.0 Å². The van der Waals surface area contributed by atoms with Gasteiger partial charge in [0.1, 0.15) is 0 Å². The van der Waals surface area contributed by atoms with Crippen LogP contribution in [0.1, 0.15) is 11.1 Å². The fourth-order valence-corrected chi connectivity index (χ4v) is 2.26. The molecule has 0 bridgehead atoms. The van der Waals surface area contributed by atoms with E-state index in [1.165, 1.54) is 0 Å². The summed E-state index contributed by atoms with van der Waals surface area (Å²) in [5, 5.41) is 1.39. The second-order valence-corrected chi connectivity index (χ2v) is 4.59. The third kappa shape index (κ3) is 2.90. The van der Waals surface area contributed by atoms with E-state index in [-0.39, 0.29) is 0 Å². The molecule has 0 radical (unpaired) electrons. The van der Waals surface area contributed by atoms with Gasteiger partial charge in [-0.25, -0.2) is 0 Å². The van der Waals surface area contributed by atoms with Crippen molar-refractivity contribution in [3.05, 3.63) is 57.8 Å². The number of rotatable bonds is 3. The SMILES string of the molecule is Nc1ccncc1CCc1c(Cl)cccc1Cl. The summed E-state index contributed by atoms with van der Waals surface area (Å²) in [4.78, 5) is 4.06. The Morgan fingerprint density at radius 3 is 2.41 bits per heavy atom. The van der Waals surface area contributed by atoms with Crippen LogP contribution in [-0.4, -0.2) is 4.98 Å². The Morgan fingerprint density at radius 2 is 1.76 bits per heavy atom. The molecule has 17 heavy (non-hydrogen) atoms. The Balaban J connectivity index is 2.16. The second kappa shape index (κ2) is 5.39. The van der Waals surface area contributed by atoms with Crippen LogP contribution in [-0.2, 0) is 12.8 Å². The van der Waals surface area contributed by atoms with Gasteiger partial charge in [0.15, 0.2) is 0 Å². The number of nitrogen functional groups attached to an aromatic ring is 1. The van der Waals surface area contributed by atoms with E-state index in [1.807, 2.05) is 18.2 Å². The zero-order valence-corrected chi connectivity index (χ0v) is 10.7. The molecule has 0 fully saturated rings. The van der Waals surface area contributed by atoms with Crippen molar-refractivity contribution in [3.63, 3.8) is 0 Å². The maximum absolute atomic E-state index is 6.10. The van der Waals surface area contributed by atoms with E-state index >= 15 is 0 Å². The largest absolute Gasteiger partial charge is 0.398 e. The first kappa shape index (κ1) is 12.2. The van der Waals surface area contributed by atoms with Gasteiger partial charge >= 0.3 is 0 Å². The van der Waals surface area contributed by atoms with E-state index in [0.717, 1.165) is 29.7 Å². The first-order valence-corrected chi connectivity index (χ1v) is 6.05. The van der Waals surface area contributed by atoms with E-state index in [1.54, 1.807) is 18.5 Å². The number of halogens is 2. The molecule has 1 aromatic carbocycles. The number of benzene rings is 1. The summed E-state index contributed by atoms with van der Waals surface area (Å²) >= 11 is 12.2. The van der Waals surface area contributed by atoms with Gasteiger partial charge in [-0.2, -0.15) is 0 Å². The van der Waals surface area contributed by atoms with Gasteiger partial charge in [-0.15, -0.1) is 0 Å². The molecule has 2 rings (SSSR count). The minimum absolute atomic E-state index is 0.694. The number of hydrogen-bond acceptors (Lipinski definition) is 2. The van der Waals surface area contributed by atoms with Crippen molar-refractivity contribution in [2.24, 2.45) is 0 Å². The maximum Gasteiger partial charge on any atom is 0.0452 e. The highest BCUT2D eigenvalue weighted by atomic mass is 35.5. The number of nitrogens with two attached hydrogens (primary N) is 1. The zero-order valence-electron chi connectivity index (χ0n) is 9.16. The number of aromatic nitrogens is 1. The molecule has 0 aliphatic carbocycles. The number of hydrogen-bond donors (Lipinski definition) is 1. The fourth-order valence-electron chi connectivity index (χ4n) is 1.68. The summed E-state index contributed by atoms with van der Waals surface area (Å²) in [6.45, 7) is 0. The van der Waals surface area contributed by atoms with E-state index < -0.39 is 0 Å². The Hall–Kier alpha value is -1.25.